The summed E-state index contributed by atoms with van der Waals surface area (Å²) in [5, 5.41) is 21.4. The van der Waals surface area contributed by atoms with Gasteiger partial charge in [-0.05, 0) is 29.8 Å². The van der Waals surface area contributed by atoms with Crippen molar-refractivity contribution in [3.63, 3.8) is 0 Å². The Hall–Kier alpha value is -3.65. The molecular weight excluding hydrogens is 406 g/mol. The maximum absolute atomic E-state index is 12.7. The number of phenolic OH excluding ortho intramolecular Hbond substituents is 1. The number of para-hydroxylation sites is 1. The highest BCUT2D eigenvalue weighted by molar-refractivity contribution is 5.94. The van der Waals surface area contributed by atoms with Crippen LogP contribution in [-0.2, 0) is 6.42 Å². The van der Waals surface area contributed by atoms with E-state index in [1.807, 2.05) is 35.2 Å². The first-order chi connectivity index (χ1) is 15.6. The largest absolute Gasteiger partial charge is 0.507 e. The van der Waals surface area contributed by atoms with E-state index in [1.54, 1.807) is 24.3 Å². The molecule has 2 saturated heterocycles. The van der Waals surface area contributed by atoms with Gasteiger partial charge in [0.2, 0.25) is 0 Å². The number of ether oxygens (including phenoxy) is 1. The molecular formula is C24H25N5O3. The number of likely N-dealkylation sites (tertiary alicyclic amines) is 1. The van der Waals surface area contributed by atoms with Crippen LogP contribution in [0, 0.1) is 5.92 Å². The van der Waals surface area contributed by atoms with Gasteiger partial charge in [-0.3, -0.25) is 4.79 Å². The van der Waals surface area contributed by atoms with E-state index in [2.05, 4.69) is 15.5 Å². The number of carbonyl (C=O) groups excluding carboxylic acids is 1. The number of amides is 1. The van der Waals surface area contributed by atoms with Crippen molar-refractivity contribution in [3.05, 3.63) is 65.7 Å². The number of fused-ring (bicyclic) bond motifs is 1. The Morgan fingerprint density at radius 2 is 1.97 bits per heavy atom. The normalized spacial score (nSPS) is 19.3. The Balaban J connectivity index is 1.19. The minimum absolute atomic E-state index is 0.0938. The van der Waals surface area contributed by atoms with Gasteiger partial charge in [0, 0.05) is 55.2 Å². The second-order valence-corrected chi connectivity index (χ2v) is 8.28. The molecule has 0 bridgehead atoms. The van der Waals surface area contributed by atoms with Gasteiger partial charge >= 0.3 is 0 Å². The van der Waals surface area contributed by atoms with E-state index >= 15 is 0 Å². The molecule has 0 radical (unpaired) electrons. The summed E-state index contributed by atoms with van der Waals surface area (Å²) < 4.78 is 5.84. The average molecular weight is 431 g/mol. The van der Waals surface area contributed by atoms with Crippen molar-refractivity contribution < 1.29 is 14.6 Å². The quantitative estimate of drug-likeness (QED) is 0.548. The Kier molecular flexibility index (Phi) is 5.36. The van der Waals surface area contributed by atoms with Crippen molar-refractivity contribution >= 4 is 11.7 Å². The number of benzene rings is 2. The van der Waals surface area contributed by atoms with E-state index in [9.17, 15) is 9.90 Å². The maximum atomic E-state index is 12.7. The Morgan fingerprint density at radius 1 is 1.16 bits per heavy atom. The van der Waals surface area contributed by atoms with Crippen molar-refractivity contribution in [2.75, 3.05) is 32.0 Å². The molecule has 2 aliphatic heterocycles. The number of hydrogen-bond donors (Lipinski definition) is 3. The van der Waals surface area contributed by atoms with E-state index in [4.69, 9.17) is 10.5 Å². The smallest absolute Gasteiger partial charge is 0.253 e. The molecule has 32 heavy (non-hydrogen) atoms. The van der Waals surface area contributed by atoms with E-state index in [0.717, 1.165) is 25.2 Å². The molecule has 0 spiro atoms. The van der Waals surface area contributed by atoms with E-state index in [-0.39, 0.29) is 17.5 Å². The van der Waals surface area contributed by atoms with Crippen LogP contribution in [0.2, 0.25) is 0 Å². The summed E-state index contributed by atoms with van der Waals surface area (Å²) in [5.41, 5.74) is 8.74. The molecule has 8 heteroatoms. The summed E-state index contributed by atoms with van der Waals surface area (Å²) in [6, 6.07) is 16.7. The first-order valence-corrected chi connectivity index (χ1v) is 10.7. The average Bonchev–Trinajstić information content (AvgIpc) is 3.09. The number of nitrogen functional groups attached to an aromatic ring is 1. The molecule has 5 rings (SSSR count). The van der Waals surface area contributed by atoms with Gasteiger partial charge < -0.3 is 25.8 Å². The van der Waals surface area contributed by atoms with Gasteiger partial charge in [-0.15, -0.1) is 10.2 Å². The number of nitrogens with two attached hydrogens (primary N) is 1. The van der Waals surface area contributed by atoms with Crippen molar-refractivity contribution in [2.24, 2.45) is 5.92 Å². The predicted molar refractivity (Wildman–Crippen MR) is 120 cm³/mol. The Morgan fingerprint density at radius 3 is 2.66 bits per heavy atom. The van der Waals surface area contributed by atoms with Crippen LogP contribution in [0.25, 0.3) is 11.3 Å². The molecule has 2 atom stereocenters. The molecule has 164 valence electrons. The number of rotatable bonds is 6. The second-order valence-electron chi connectivity index (χ2n) is 8.28. The van der Waals surface area contributed by atoms with Crippen molar-refractivity contribution in [1.82, 2.24) is 20.4 Å². The highest BCUT2D eigenvalue weighted by Crippen LogP contribution is 2.30. The maximum Gasteiger partial charge on any atom is 0.253 e. The molecule has 3 heterocycles. The van der Waals surface area contributed by atoms with Crippen LogP contribution in [0.3, 0.4) is 0 Å². The molecule has 0 saturated carbocycles. The molecule has 4 N–H and O–H groups in total. The van der Waals surface area contributed by atoms with E-state index in [1.165, 1.54) is 0 Å². The number of aromatic nitrogens is 2. The minimum Gasteiger partial charge on any atom is -0.507 e. The summed E-state index contributed by atoms with van der Waals surface area (Å²) in [6.07, 6.45) is 0.653. The summed E-state index contributed by atoms with van der Waals surface area (Å²) in [6.45, 7) is 3.04. The van der Waals surface area contributed by atoms with Crippen LogP contribution < -0.4 is 15.8 Å². The number of nitrogens with one attached hydrogen (secondary N) is 1. The van der Waals surface area contributed by atoms with Gasteiger partial charge in [-0.2, -0.15) is 0 Å². The van der Waals surface area contributed by atoms with Gasteiger partial charge in [0.15, 0.2) is 11.6 Å². The lowest BCUT2D eigenvalue weighted by molar-refractivity contribution is 0.0789. The van der Waals surface area contributed by atoms with Crippen LogP contribution in [0.5, 0.6) is 11.5 Å². The zero-order valence-electron chi connectivity index (χ0n) is 17.6. The topological polar surface area (TPSA) is 114 Å². The van der Waals surface area contributed by atoms with E-state index < -0.39 is 0 Å². The fourth-order valence-corrected chi connectivity index (χ4v) is 4.21. The zero-order valence-corrected chi connectivity index (χ0v) is 17.6. The van der Waals surface area contributed by atoms with Gasteiger partial charge in [0.1, 0.15) is 11.4 Å². The van der Waals surface area contributed by atoms with Crippen molar-refractivity contribution in [2.45, 2.75) is 12.5 Å². The highest BCUT2D eigenvalue weighted by atomic mass is 16.5. The summed E-state index contributed by atoms with van der Waals surface area (Å²) in [5.74, 6) is 1.43. The molecule has 8 nitrogen and oxygen atoms in total. The summed E-state index contributed by atoms with van der Waals surface area (Å²) in [4.78, 5) is 14.7. The molecule has 2 unspecified atom stereocenters. The third-order valence-electron chi connectivity index (χ3n) is 6.19. The van der Waals surface area contributed by atoms with Crippen LogP contribution in [0.1, 0.15) is 15.9 Å². The minimum atomic E-state index is 0.0938. The van der Waals surface area contributed by atoms with E-state index in [0.29, 0.717) is 47.6 Å². The van der Waals surface area contributed by atoms with Gasteiger partial charge in [0.25, 0.3) is 5.91 Å². The lowest BCUT2D eigenvalue weighted by atomic mass is 9.96. The number of carbonyl (C=O) groups is 1. The lowest BCUT2D eigenvalue weighted by Crippen LogP contribution is -2.51. The Labute approximate surface area is 186 Å². The van der Waals surface area contributed by atoms with Gasteiger partial charge in [-0.1, -0.05) is 24.3 Å². The first kappa shape index (κ1) is 20.3. The molecule has 1 aromatic heterocycles. The van der Waals surface area contributed by atoms with Crippen LogP contribution in [-0.4, -0.2) is 58.4 Å². The molecule has 2 fully saturated rings. The fraction of sp³-hybridized carbons (Fsp3) is 0.292. The molecule has 2 aromatic carbocycles. The predicted octanol–water partition coefficient (Wildman–Crippen LogP) is 2.10. The van der Waals surface area contributed by atoms with Crippen LogP contribution >= 0.6 is 0 Å². The highest BCUT2D eigenvalue weighted by Gasteiger charge is 2.40. The molecule has 0 aliphatic carbocycles. The molecule has 1 amide bonds. The van der Waals surface area contributed by atoms with Gasteiger partial charge in [0.05, 0.1) is 6.61 Å². The van der Waals surface area contributed by atoms with Crippen LogP contribution in [0.15, 0.2) is 54.6 Å². The van der Waals surface area contributed by atoms with Crippen LogP contribution in [0.4, 0.5) is 5.82 Å². The SMILES string of the molecule is Nc1nnc(-c2ccccc2O)cc1OCCc1ccc(C(=O)N2CC3CNC3C2)cc1. The van der Waals surface area contributed by atoms with Gasteiger partial charge in [-0.25, -0.2) is 0 Å². The third kappa shape index (κ3) is 3.97. The number of aromatic hydroxyl groups is 1. The van der Waals surface area contributed by atoms with Crippen molar-refractivity contribution in [3.8, 4) is 22.8 Å². The number of nitrogens with zero attached hydrogens (tertiary/aromatic N) is 3. The lowest BCUT2D eigenvalue weighted by Gasteiger charge is -2.29. The zero-order chi connectivity index (χ0) is 22.1. The Bertz CT molecular complexity index is 1120. The molecule has 2 aliphatic rings. The third-order valence-corrected chi connectivity index (χ3v) is 6.19. The standard InChI is InChI=1S/C24H25N5O3/c25-23-22(11-19(27-28-23)18-3-1-2-4-21(18)30)32-10-9-15-5-7-16(8-6-15)24(31)29-13-17-12-26-20(17)14-29/h1-8,11,17,20,26,30H,9-10,12-14H2,(H2,25,28). The second kappa shape index (κ2) is 8.47. The molecule has 3 aromatic rings. The number of phenols is 1. The monoisotopic (exact) mass is 431 g/mol. The fourth-order valence-electron chi connectivity index (χ4n) is 4.21. The number of anilines is 1. The first-order valence-electron chi connectivity index (χ1n) is 10.7. The number of hydrogen-bond acceptors (Lipinski definition) is 7. The summed E-state index contributed by atoms with van der Waals surface area (Å²) in [7, 11) is 0. The van der Waals surface area contributed by atoms with Crippen molar-refractivity contribution in [1.29, 1.82) is 0 Å². The summed E-state index contributed by atoms with van der Waals surface area (Å²) >= 11 is 0.